The van der Waals surface area contributed by atoms with E-state index in [0.717, 1.165) is 28.4 Å². The van der Waals surface area contributed by atoms with Gasteiger partial charge in [0.25, 0.3) is 0 Å². The number of para-hydroxylation sites is 1. The van der Waals surface area contributed by atoms with E-state index < -0.39 is 6.10 Å². The molecule has 2 heterocycles. The van der Waals surface area contributed by atoms with Crippen LogP contribution in [-0.2, 0) is 6.42 Å². The van der Waals surface area contributed by atoms with Crippen molar-refractivity contribution in [3.8, 4) is 0 Å². The molecule has 1 unspecified atom stereocenters. The summed E-state index contributed by atoms with van der Waals surface area (Å²) in [5.74, 6) is 1.00. The molecule has 2 N–H and O–H groups in total. The smallest absolute Gasteiger partial charge is 0.106 e. The predicted octanol–water partition coefficient (Wildman–Crippen LogP) is 2.22. The van der Waals surface area contributed by atoms with Gasteiger partial charge in [-0.25, -0.2) is 0 Å². The van der Waals surface area contributed by atoms with Crippen LogP contribution in [-0.4, -0.2) is 33.5 Å². The van der Waals surface area contributed by atoms with Gasteiger partial charge in [-0.3, -0.25) is 4.99 Å². The standard InChI is InChI=1S/C13H14N2OS/c16-12(13-14-5-6-17-13)7-9-8-15-11-4-2-1-3-10(9)11/h1-4,8,12,15-16H,5-7H2. The summed E-state index contributed by atoms with van der Waals surface area (Å²) < 4.78 is 0. The molecule has 0 saturated carbocycles. The van der Waals surface area contributed by atoms with Crippen molar-refractivity contribution < 1.29 is 5.11 Å². The Hall–Kier alpha value is -1.26. The molecule has 1 aliphatic rings. The van der Waals surface area contributed by atoms with E-state index in [1.165, 1.54) is 5.39 Å². The maximum Gasteiger partial charge on any atom is 0.106 e. The molecule has 3 nitrogen and oxygen atoms in total. The van der Waals surface area contributed by atoms with E-state index in [9.17, 15) is 5.11 Å². The average Bonchev–Trinajstić information content (AvgIpc) is 2.98. The summed E-state index contributed by atoms with van der Waals surface area (Å²) >= 11 is 1.67. The van der Waals surface area contributed by atoms with Crippen molar-refractivity contribution in [3.63, 3.8) is 0 Å². The average molecular weight is 246 g/mol. The van der Waals surface area contributed by atoms with E-state index in [1.807, 2.05) is 24.4 Å². The van der Waals surface area contributed by atoms with Crippen molar-refractivity contribution in [2.24, 2.45) is 4.99 Å². The minimum Gasteiger partial charge on any atom is -0.386 e. The third-order valence-corrected chi connectivity index (χ3v) is 4.07. The Morgan fingerprint density at radius 2 is 2.29 bits per heavy atom. The first-order chi connectivity index (χ1) is 8.34. The monoisotopic (exact) mass is 246 g/mol. The molecule has 0 radical (unpaired) electrons. The highest BCUT2D eigenvalue weighted by atomic mass is 32.2. The maximum atomic E-state index is 10.1. The fourth-order valence-corrected chi connectivity index (χ4v) is 3.00. The van der Waals surface area contributed by atoms with E-state index in [1.54, 1.807) is 11.8 Å². The van der Waals surface area contributed by atoms with Crippen molar-refractivity contribution in [2.75, 3.05) is 12.3 Å². The minimum absolute atomic E-state index is 0.457. The fraction of sp³-hybridized carbons (Fsp3) is 0.308. The van der Waals surface area contributed by atoms with Crippen molar-refractivity contribution in [3.05, 3.63) is 36.0 Å². The largest absolute Gasteiger partial charge is 0.386 e. The normalized spacial score (nSPS) is 17.4. The fourth-order valence-electron chi connectivity index (χ4n) is 2.15. The predicted molar refractivity (Wildman–Crippen MR) is 72.8 cm³/mol. The summed E-state index contributed by atoms with van der Waals surface area (Å²) in [6, 6.07) is 8.16. The Morgan fingerprint density at radius 3 is 3.12 bits per heavy atom. The molecule has 1 aromatic carbocycles. The lowest BCUT2D eigenvalue weighted by Gasteiger charge is -2.08. The second kappa shape index (κ2) is 4.55. The van der Waals surface area contributed by atoms with E-state index in [-0.39, 0.29) is 0 Å². The molecule has 0 amide bonds. The number of thioether (sulfide) groups is 1. The Balaban J connectivity index is 1.85. The van der Waals surface area contributed by atoms with Crippen LogP contribution in [0.5, 0.6) is 0 Å². The Labute approximate surface area is 104 Å². The van der Waals surface area contributed by atoms with Gasteiger partial charge in [-0.05, 0) is 11.6 Å². The van der Waals surface area contributed by atoms with Crippen LogP contribution in [0.15, 0.2) is 35.5 Å². The highest BCUT2D eigenvalue weighted by Gasteiger charge is 2.18. The van der Waals surface area contributed by atoms with Gasteiger partial charge >= 0.3 is 0 Å². The van der Waals surface area contributed by atoms with Gasteiger partial charge in [-0.1, -0.05) is 18.2 Å². The van der Waals surface area contributed by atoms with Crippen LogP contribution in [0, 0.1) is 0 Å². The zero-order chi connectivity index (χ0) is 11.7. The van der Waals surface area contributed by atoms with Crippen LogP contribution in [0.1, 0.15) is 5.56 Å². The summed E-state index contributed by atoms with van der Waals surface area (Å²) in [6.07, 6.45) is 2.16. The number of H-pyrrole nitrogens is 1. The first-order valence-corrected chi connectivity index (χ1v) is 6.73. The van der Waals surface area contributed by atoms with E-state index in [2.05, 4.69) is 16.0 Å². The molecule has 3 rings (SSSR count). The van der Waals surface area contributed by atoms with Crippen molar-refractivity contribution in [2.45, 2.75) is 12.5 Å². The van der Waals surface area contributed by atoms with Crippen LogP contribution in [0.4, 0.5) is 0 Å². The number of aliphatic hydroxyl groups excluding tert-OH is 1. The Morgan fingerprint density at radius 1 is 1.41 bits per heavy atom. The van der Waals surface area contributed by atoms with Gasteiger partial charge < -0.3 is 10.1 Å². The number of benzene rings is 1. The first-order valence-electron chi connectivity index (χ1n) is 5.75. The lowest BCUT2D eigenvalue weighted by molar-refractivity contribution is 0.245. The molecular weight excluding hydrogens is 232 g/mol. The molecule has 0 aliphatic carbocycles. The number of nitrogens with zero attached hydrogens (tertiary/aromatic N) is 1. The van der Waals surface area contributed by atoms with E-state index >= 15 is 0 Å². The number of rotatable bonds is 3. The number of fused-ring (bicyclic) bond motifs is 1. The van der Waals surface area contributed by atoms with Crippen molar-refractivity contribution >= 4 is 27.7 Å². The third-order valence-electron chi connectivity index (χ3n) is 2.98. The van der Waals surface area contributed by atoms with Gasteiger partial charge in [0.15, 0.2) is 0 Å². The molecule has 1 atom stereocenters. The summed E-state index contributed by atoms with van der Waals surface area (Å²) in [4.78, 5) is 7.54. The van der Waals surface area contributed by atoms with Crippen LogP contribution in [0.2, 0.25) is 0 Å². The number of nitrogens with one attached hydrogen (secondary N) is 1. The molecule has 0 fully saturated rings. The highest BCUT2D eigenvalue weighted by Crippen LogP contribution is 2.22. The van der Waals surface area contributed by atoms with Crippen LogP contribution < -0.4 is 0 Å². The summed E-state index contributed by atoms with van der Waals surface area (Å²) in [7, 11) is 0. The number of hydrogen-bond donors (Lipinski definition) is 2. The third kappa shape index (κ3) is 2.10. The van der Waals surface area contributed by atoms with Gasteiger partial charge in [0.05, 0.1) is 5.04 Å². The second-order valence-electron chi connectivity index (χ2n) is 4.15. The molecule has 88 valence electrons. The molecule has 1 aromatic heterocycles. The first kappa shape index (κ1) is 10.9. The van der Waals surface area contributed by atoms with Gasteiger partial charge in [0.2, 0.25) is 0 Å². The lowest BCUT2D eigenvalue weighted by Crippen LogP contribution is -2.18. The number of aromatic nitrogens is 1. The van der Waals surface area contributed by atoms with Gasteiger partial charge in [0, 0.05) is 35.8 Å². The lowest BCUT2D eigenvalue weighted by atomic mass is 10.1. The summed E-state index contributed by atoms with van der Waals surface area (Å²) in [5.41, 5.74) is 2.28. The molecule has 0 saturated heterocycles. The molecule has 1 aliphatic heterocycles. The summed E-state index contributed by atoms with van der Waals surface area (Å²) in [5, 5.41) is 12.2. The van der Waals surface area contributed by atoms with E-state index in [0.29, 0.717) is 6.42 Å². The van der Waals surface area contributed by atoms with Crippen LogP contribution in [0.25, 0.3) is 10.9 Å². The molecule has 2 aromatic rings. The molecular formula is C13H14N2OS. The zero-order valence-electron chi connectivity index (χ0n) is 9.39. The van der Waals surface area contributed by atoms with Crippen LogP contribution >= 0.6 is 11.8 Å². The molecule has 17 heavy (non-hydrogen) atoms. The van der Waals surface area contributed by atoms with Gasteiger partial charge in [-0.15, -0.1) is 11.8 Å². The SMILES string of the molecule is OC(Cc1c[nH]c2ccccc12)C1=NCCS1. The van der Waals surface area contributed by atoms with Gasteiger partial charge in [-0.2, -0.15) is 0 Å². The molecule has 4 heteroatoms. The van der Waals surface area contributed by atoms with Crippen molar-refractivity contribution in [1.82, 2.24) is 4.98 Å². The Bertz CT molecular complexity index is 561. The van der Waals surface area contributed by atoms with E-state index in [4.69, 9.17) is 0 Å². The number of aromatic amines is 1. The second-order valence-corrected chi connectivity index (χ2v) is 5.26. The molecule has 0 spiro atoms. The summed E-state index contributed by atoms with van der Waals surface area (Å²) in [6.45, 7) is 0.838. The zero-order valence-corrected chi connectivity index (χ0v) is 10.2. The maximum absolute atomic E-state index is 10.1. The van der Waals surface area contributed by atoms with Gasteiger partial charge in [0.1, 0.15) is 6.10 Å². The number of aliphatic hydroxyl groups is 1. The number of aliphatic imine (C=N–C) groups is 1. The topological polar surface area (TPSA) is 48.4 Å². The Kier molecular flexibility index (Phi) is 2.91. The molecule has 0 bridgehead atoms. The minimum atomic E-state index is -0.457. The quantitative estimate of drug-likeness (QED) is 0.872. The highest BCUT2D eigenvalue weighted by molar-refractivity contribution is 8.14. The van der Waals surface area contributed by atoms with Crippen molar-refractivity contribution in [1.29, 1.82) is 0 Å². The number of hydrogen-bond acceptors (Lipinski definition) is 3. The van der Waals surface area contributed by atoms with Crippen LogP contribution in [0.3, 0.4) is 0 Å².